The smallest absolute Gasteiger partial charge is 0.264 e. The fourth-order valence-corrected chi connectivity index (χ4v) is 6.14. The summed E-state index contributed by atoms with van der Waals surface area (Å²) in [5.74, 6) is -0.549. The number of benzene rings is 4. The van der Waals surface area contributed by atoms with Crippen LogP contribution in [-0.4, -0.2) is 44.3 Å². The maximum Gasteiger partial charge on any atom is 0.264 e. The number of hydrogen-bond donors (Lipinski definition) is 1. The van der Waals surface area contributed by atoms with Crippen LogP contribution in [0.2, 0.25) is 0 Å². The van der Waals surface area contributed by atoms with Crippen molar-refractivity contribution in [3.63, 3.8) is 0 Å². The second-order valence-corrected chi connectivity index (χ2v) is 12.9. The lowest BCUT2D eigenvalue weighted by Gasteiger charge is -2.34. The van der Waals surface area contributed by atoms with Gasteiger partial charge < -0.3 is 10.2 Å². The normalized spacial score (nSPS) is 12.0. The van der Waals surface area contributed by atoms with Crippen molar-refractivity contribution < 1.29 is 18.0 Å². The van der Waals surface area contributed by atoms with E-state index in [-0.39, 0.29) is 29.7 Å². The molecule has 0 fully saturated rings. The third-order valence-electron chi connectivity index (χ3n) is 7.08. The number of nitrogens with one attached hydrogen (secondary N) is 1. The van der Waals surface area contributed by atoms with E-state index in [0.717, 1.165) is 21.0 Å². The molecule has 0 spiro atoms. The van der Waals surface area contributed by atoms with Gasteiger partial charge in [-0.05, 0) is 48.2 Å². The van der Waals surface area contributed by atoms with E-state index in [4.69, 9.17) is 0 Å². The minimum absolute atomic E-state index is 0.0762. The Kier molecular flexibility index (Phi) is 10.7. The number of nitrogens with zero attached hydrogens (tertiary/aromatic N) is 2. The predicted molar refractivity (Wildman–Crippen MR) is 171 cm³/mol. The average Bonchev–Trinajstić information content (AvgIpc) is 3.02. The molecule has 4 aromatic carbocycles. The van der Waals surface area contributed by atoms with Gasteiger partial charge in [-0.2, -0.15) is 0 Å². The summed E-state index contributed by atoms with van der Waals surface area (Å²) in [7, 11) is -4.10. The molecule has 0 heterocycles. The van der Waals surface area contributed by atoms with Crippen LogP contribution in [0.1, 0.15) is 30.5 Å². The van der Waals surface area contributed by atoms with E-state index >= 15 is 0 Å². The maximum atomic E-state index is 14.4. The molecule has 1 N–H and O–H groups in total. The van der Waals surface area contributed by atoms with Gasteiger partial charge in [0, 0.05) is 19.5 Å². The highest BCUT2D eigenvalue weighted by Gasteiger charge is 2.34. The molecule has 4 rings (SSSR count). The molecule has 0 aliphatic carbocycles. The Morgan fingerprint density at radius 3 is 1.88 bits per heavy atom. The van der Waals surface area contributed by atoms with Crippen LogP contribution in [0.5, 0.6) is 0 Å². The second kappa shape index (κ2) is 14.6. The van der Waals surface area contributed by atoms with Gasteiger partial charge in [0.05, 0.1) is 10.6 Å². The zero-order valence-corrected chi connectivity index (χ0v) is 25.7. The van der Waals surface area contributed by atoms with Gasteiger partial charge in [-0.3, -0.25) is 13.9 Å². The van der Waals surface area contributed by atoms with Crippen LogP contribution in [0.25, 0.3) is 0 Å². The first-order chi connectivity index (χ1) is 20.6. The highest BCUT2D eigenvalue weighted by molar-refractivity contribution is 7.92. The van der Waals surface area contributed by atoms with Gasteiger partial charge in [0.2, 0.25) is 11.8 Å². The van der Waals surface area contributed by atoms with Crippen LogP contribution >= 0.6 is 0 Å². The highest BCUT2D eigenvalue weighted by atomic mass is 32.2. The number of para-hydroxylation sites is 1. The molecule has 224 valence electrons. The molecule has 0 saturated carbocycles. The first-order valence-corrected chi connectivity index (χ1v) is 15.9. The van der Waals surface area contributed by atoms with E-state index in [9.17, 15) is 18.0 Å². The summed E-state index contributed by atoms with van der Waals surface area (Å²) in [5, 5.41) is 3.01. The summed E-state index contributed by atoms with van der Waals surface area (Å²) in [6.45, 7) is 6.11. The summed E-state index contributed by atoms with van der Waals surface area (Å²) < 4.78 is 29.0. The molecule has 2 amide bonds. The Balaban J connectivity index is 1.77. The van der Waals surface area contributed by atoms with Crippen molar-refractivity contribution in [2.45, 2.75) is 44.7 Å². The monoisotopic (exact) mass is 597 g/mol. The van der Waals surface area contributed by atoms with E-state index < -0.39 is 28.5 Å². The molecule has 43 heavy (non-hydrogen) atoms. The number of rotatable bonds is 13. The Morgan fingerprint density at radius 2 is 1.30 bits per heavy atom. The average molecular weight is 598 g/mol. The first-order valence-electron chi connectivity index (χ1n) is 14.4. The minimum Gasteiger partial charge on any atom is -0.354 e. The van der Waals surface area contributed by atoms with Crippen molar-refractivity contribution in [2.24, 2.45) is 5.92 Å². The van der Waals surface area contributed by atoms with Crippen molar-refractivity contribution in [3.05, 3.63) is 132 Å². The molecule has 7 nitrogen and oxygen atoms in total. The highest BCUT2D eigenvalue weighted by Crippen LogP contribution is 2.25. The molecule has 1 atom stereocenters. The van der Waals surface area contributed by atoms with Crippen LogP contribution < -0.4 is 9.62 Å². The van der Waals surface area contributed by atoms with Gasteiger partial charge in [0.25, 0.3) is 10.0 Å². The minimum atomic E-state index is -4.10. The van der Waals surface area contributed by atoms with E-state index in [1.807, 2.05) is 75.4 Å². The lowest BCUT2D eigenvalue weighted by molar-refractivity contribution is -0.140. The molecular formula is C35H39N3O4S. The third-order valence-corrected chi connectivity index (χ3v) is 8.87. The molecule has 0 bridgehead atoms. The van der Waals surface area contributed by atoms with Crippen LogP contribution in [0.4, 0.5) is 5.69 Å². The lowest BCUT2D eigenvalue weighted by Crippen LogP contribution is -2.53. The van der Waals surface area contributed by atoms with E-state index in [2.05, 4.69) is 5.32 Å². The molecule has 4 aromatic rings. The quantitative estimate of drug-likeness (QED) is 0.217. The third kappa shape index (κ3) is 8.55. The van der Waals surface area contributed by atoms with E-state index in [1.54, 1.807) is 48.5 Å². The topological polar surface area (TPSA) is 86.8 Å². The zero-order chi connectivity index (χ0) is 30.8. The number of hydrogen-bond acceptors (Lipinski definition) is 4. The summed E-state index contributed by atoms with van der Waals surface area (Å²) in [4.78, 5) is 29.8. The lowest BCUT2D eigenvalue weighted by atomic mass is 10.0. The van der Waals surface area contributed by atoms with Crippen LogP contribution in [0.3, 0.4) is 0 Å². The largest absolute Gasteiger partial charge is 0.354 e. The molecule has 0 aromatic heterocycles. The fraction of sp³-hybridized carbons (Fsp3) is 0.257. The first kappa shape index (κ1) is 31.5. The SMILES string of the molecule is Cc1ccc(CN(C(=O)CN(c2ccccc2)S(=O)(=O)c2ccccc2)[C@H](Cc2ccccc2)C(=O)NCC(C)C)cc1. The zero-order valence-electron chi connectivity index (χ0n) is 24.9. The molecule has 0 aliphatic heterocycles. The van der Waals surface area contributed by atoms with Gasteiger partial charge in [-0.25, -0.2) is 8.42 Å². The van der Waals surface area contributed by atoms with Crippen molar-refractivity contribution in [1.82, 2.24) is 10.2 Å². The number of aryl methyl sites for hydroxylation is 1. The van der Waals surface area contributed by atoms with Crippen molar-refractivity contribution in [1.29, 1.82) is 0 Å². The molecule has 8 heteroatoms. The Morgan fingerprint density at radius 1 is 0.744 bits per heavy atom. The number of amides is 2. The van der Waals surface area contributed by atoms with Crippen LogP contribution in [0.15, 0.2) is 120 Å². The maximum absolute atomic E-state index is 14.4. The van der Waals surface area contributed by atoms with E-state index in [1.165, 1.54) is 17.0 Å². The van der Waals surface area contributed by atoms with Gasteiger partial charge >= 0.3 is 0 Å². The van der Waals surface area contributed by atoms with Gasteiger partial charge in [-0.1, -0.05) is 110 Å². The summed E-state index contributed by atoms with van der Waals surface area (Å²) in [6, 6.07) is 33.1. The fourth-order valence-electron chi connectivity index (χ4n) is 4.71. The molecular weight excluding hydrogens is 558 g/mol. The molecule has 0 saturated heterocycles. The van der Waals surface area contributed by atoms with Gasteiger partial charge in [0.1, 0.15) is 12.6 Å². The molecule has 0 radical (unpaired) electrons. The Labute approximate surface area is 255 Å². The second-order valence-electron chi connectivity index (χ2n) is 11.0. The van der Waals surface area contributed by atoms with Crippen molar-refractivity contribution in [2.75, 3.05) is 17.4 Å². The van der Waals surface area contributed by atoms with Gasteiger partial charge in [-0.15, -0.1) is 0 Å². The number of carbonyl (C=O) groups is 2. The molecule has 0 unspecified atom stereocenters. The Bertz CT molecular complexity index is 1580. The van der Waals surface area contributed by atoms with Crippen molar-refractivity contribution >= 4 is 27.5 Å². The van der Waals surface area contributed by atoms with Gasteiger partial charge in [0.15, 0.2) is 0 Å². The number of carbonyl (C=O) groups excluding carboxylic acids is 2. The standard InChI is InChI=1S/C35H39N3O4S/c1-27(2)24-36-35(40)33(23-29-13-7-4-8-14-29)37(25-30-21-19-28(3)20-22-30)34(39)26-38(31-15-9-5-10-16-31)43(41,42)32-17-11-6-12-18-32/h4-22,27,33H,23-26H2,1-3H3,(H,36,40)/t33-/m1/s1. The number of anilines is 1. The summed E-state index contributed by atoms with van der Waals surface area (Å²) in [5.41, 5.74) is 3.16. The van der Waals surface area contributed by atoms with Crippen molar-refractivity contribution in [3.8, 4) is 0 Å². The predicted octanol–water partition coefficient (Wildman–Crippen LogP) is 5.60. The Hall–Kier alpha value is -4.43. The van der Waals surface area contributed by atoms with Crippen LogP contribution in [0, 0.1) is 12.8 Å². The van der Waals surface area contributed by atoms with E-state index in [0.29, 0.717) is 12.2 Å². The summed E-state index contributed by atoms with van der Waals surface area (Å²) in [6.07, 6.45) is 0.277. The molecule has 0 aliphatic rings. The summed E-state index contributed by atoms with van der Waals surface area (Å²) >= 11 is 0. The van der Waals surface area contributed by atoms with Crippen LogP contribution in [-0.2, 0) is 32.6 Å². The number of sulfonamides is 1.